The van der Waals surface area contributed by atoms with Crippen LogP contribution in [0.4, 0.5) is 11.6 Å². The molecule has 0 bridgehead atoms. The molecule has 2 atom stereocenters. The molecular weight excluding hydrogens is 436 g/mol. The predicted molar refractivity (Wildman–Crippen MR) is 149 cm³/mol. The van der Waals surface area contributed by atoms with Crippen LogP contribution in [0.25, 0.3) is 0 Å². The monoisotopic (exact) mass is 486 g/mol. The number of pyridine rings is 1. The average molecular weight is 487 g/mol. The van der Waals surface area contributed by atoms with Gasteiger partial charge in [-0.15, -0.1) is 0 Å². The molecule has 0 aliphatic carbocycles. The summed E-state index contributed by atoms with van der Waals surface area (Å²) in [6.07, 6.45) is 9.31. The van der Waals surface area contributed by atoms with Crippen molar-refractivity contribution >= 4 is 23.3 Å². The minimum atomic E-state index is -0.305. The van der Waals surface area contributed by atoms with E-state index in [1.165, 1.54) is 38.5 Å². The number of amides is 1. The van der Waals surface area contributed by atoms with Crippen molar-refractivity contribution in [1.82, 2.24) is 15.2 Å². The maximum absolute atomic E-state index is 12.9. The second kappa shape index (κ2) is 15.1. The molecule has 3 rings (SSSR count). The van der Waals surface area contributed by atoms with Crippen LogP contribution in [0, 0.1) is 11.3 Å². The number of likely N-dealkylation sites (tertiary alicyclic amines) is 1. The molecular formula is C28H50N6O. The first-order valence-corrected chi connectivity index (χ1v) is 14.0. The SMILES string of the molecule is CC.CNc1nc(N2CCCCCCC2)ccc1C(=N)C(=O)NC1CCN(CCC(C)C)C(C)C1. The Morgan fingerprint density at radius 1 is 1.11 bits per heavy atom. The lowest BCUT2D eigenvalue weighted by Gasteiger charge is -2.38. The number of hydrogen-bond donors (Lipinski definition) is 3. The number of nitrogens with zero attached hydrogens (tertiary/aromatic N) is 3. The lowest BCUT2D eigenvalue weighted by atomic mass is 9.96. The molecule has 3 N–H and O–H groups in total. The molecule has 2 saturated heterocycles. The van der Waals surface area contributed by atoms with Crippen molar-refractivity contribution in [2.75, 3.05) is 43.4 Å². The van der Waals surface area contributed by atoms with Crippen molar-refractivity contribution in [3.05, 3.63) is 17.7 Å². The zero-order chi connectivity index (χ0) is 25.8. The third-order valence-corrected chi connectivity index (χ3v) is 7.14. The first-order chi connectivity index (χ1) is 16.9. The summed E-state index contributed by atoms with van der Waals surface area (Å²) in [6, 6.07) is 4.42. The minimum Gasteiger partial charge on any atom is -0.373 e. The second-order valence-electron chi connectivity index (χ2n) is 10.2. The van der Waals surface area contributed by atoms with E-state index in [1.54, 1.807) is 0 Å². The van der Waals surface area contributed by atoms with Gasteiger partial charge in [-0.1, -0.05) is 47.0 Å². The Morgan fingerprint density at radius 2 is 1.77 bits per heavy atom. The van der Waals surface area contributed by atoms with Gasteiger partial charge in [0.2, 0.25) is 0 Å². The molecule has 0 radical (unpaired) electrons. The molecule has 1 aromatic heterocycles. The van der Waals surface area contributed by atoms with Crippen LogP contribution in [0.3, 0.4) is 0 Å². The number of rotatable bonds is 8. The Kier molecular flexibility index (Phi) is 12.5. The van der Waals surface area contributed by atoms with Gasteiger partial charge in [0.25, 0.3) is 5.91 Å². The molecule has 0 aromatic carbocycles. The Labute approximate surface area is 214 Å². The van der Waals surface area contributed by atoms with Crippen LogP contribution in [0.1, 0.15) is 91.5 Å². The van der Waals surface area contributed by atoms with Gasteiger partial charge in [0, 0.05) is 44.3 Å². The number of piperidine rings is 1. The zero-order valence-corrected chi connectivity index (χ0v) is 23.1. The molecule has 2 aliphatic rings. The molecule has 1 amide bonds. The Bertz CT molecular complexity index is 788. The van der Waals surface area contributed by atoms with E-state index in [9.17, 15) is 4.79 Å². The maximum Gasteiger partial charge on any atom is 0.270 e. The standard InChI is InChI=1S/C26H44N6O.C2H6/c1-19(2)12-16-31-17-13-21(18-20(31)3)29-26(33)24(27)22-10-11-23(30-25(22)28-4)32-14-8-6-5-7-9-15-32;1-2/h10-11,19-21,27H,5-9,12-18H2,1-4H3,(H,28,30)(H,29,33);1-2H3. The molecule has 2 aliphatic heterocycles. The number of carbonyl (C=O) groups is 1. The number of aromatic nitrogens is 1. The van der Waals surface area contributed by atoms with Crippen LogP contribution in [-0.4, -0.2) is 66.8 Å². The smallest absolute Gasteiger partial charge is 0.270 e. The lowest BCUT2D eigenvalue weighted by Crippen LogP contribution is -2.50. The quantitative estimate of drug-likeness (QED) is 0.434. The topological polar surface area (TPSA) is 84.4 Å². The molecule has 3 heterocycles. The van der Waals surface area contributed by atoms with E-state index >= 15 is 0 Å². The van der Waals surface area contributed by atoms with Gasteiger partial charge >= 0.3 is 0 Å². The molecule has 0 saturated carbocycles. The fourth-order valence-electron chi connectivity index (χ4n) is 4.98. The van der Waals surface area contributed by atoms with Crippen molar-refractivity contribution in [3.8, 4) is 0 Å². The molecule has 2 fully saturated rings. The van der Waals surface area contributed by atoms with E-state index in [1.807, 2.05) is 33.0 Å². The van der Waals surface area contributed by atoms with Crippen LogP contribution < -0.4 is 15.5 Å². The van der Waals surface area contributed by atoms with Crippen LogP contribution in [0.15, 0.2) is 12.1 Å². The molecule has 198 valence electrons. The molecule has 0 spiro atoms. The normalized spacial score (nSPS) is 21.4. The summed E-state index contributed by atoms with van der Waals surface area (Å²) >= 11 is 0. The summed E-state index contributed by atoms with van der Waals surface area (Å²) in [5.74, 6) is 1.94. The van der Waals surface area contributed by atoms with Gasteiger partial charge in [-0.2, -0.15) is 0 Å². The maximum atomic E-state index is 12.9. The van der Waals surface area contributed by atoms with Crippen LogP contribution in [0.2, 0.25) is 0 Å². The molecule has 7 nitrogen and oxygen atoms in total. The minimum absolute atomic E-state index is 0.0130. The average Bonchev–Trinajstić information content (AvgIpc) is 2.83. The van der Waals surface area contributed by atoms with Gasteiger partial charge in [0.1, 0.15) is 17.3 Å². The highest BCUT2D eigenvalue weighted by molar-refractivity contribution is 6.45. The lowest BCUT2D eigenvalue weighted by molar-refractivity contribution is -0.115. The van der Waals surface area contributed by atoms with Gasteiger partial charge in [0.15, 0.2) is 0 Å². The van der Waals surface area contributed by atoms with Crippen molar-refractivity contribution < 1.29 is 4.79 Å². The summed E-state index contributed by atoms with van der Waals surface area (Å²) in [7, 11) is 1.81. The summed E-state index contributed by atoms with van der Waals surface area (Å²) in [5.41, 5.74) is 0.550. The number of nitrogens with one attached hydrogen (secondary N) is 3. The second-order valence-corrected chi connectivity index (χ2v) is 10.2. The highest BCUT2D eigenvalue weighted by Crippen LogP contribution is 2.23. The van der Waals surface area contributed by atoms with Crippen LogP contribution in [-0.2, 0) is 4.79 Å². The summed E-state index contributed by atoms with van der Waals surface area (Å²) in [6.45, 7) is 14.9. The van der Waals surface area contributed by atoms with E-state index in [2.05, 4.69) is 41.2 Å². The zero-order valence-electron chi connectivity index (χ0n) is 23.1. The summed E-state index contributed by atoms with van der Waals surface area (Å²) in [4.78, 5) is 22.6. The van der Waals surface area contributed by atoms with E-state index in [0.717, 1.165) is 44.8 Å². The van der Waals surface area contributed by atoms with Gasteiger partial charge in [-0.05, 0) is 63.6 Å². The summed E-state index contributed by atoms with van der Waals surface area (Å²) in [5, 5.41) is 14.8. The Hall–Kier alpha value is -2.15. The van der Waals surface area contributed by atoms with Gasteiger partial charge in [0.05, 0.1) is 0 Å². The molecule has 35 heavy (non-hydrogen) atoms. The van der Waals surface area contributed by atoms with Crippen molar-refractivity contribution in [3.63, 3.8) is 0 Å². The first kappa shape index (κ1) is 29.1. The number of hydrogen-bond acceptors (Lipinski definition) is 6. The third kappa shape index (κ3) is 8.78. The van der Waals surface area contributed by atoms with Gasteiger partial charge in [-0.25, -0.2) is 4.98 Å². The third-order valence-electron chi connectivity index (χ3n) is 7.14. The molecule has 2 unspecified atom stereocenters. The van der Waals surface area contributed by atoms with Crippen molar-refractivity contribution in [2.24, 2.45) is 5.92 Å². The number of anilines is 2. The van der Waals surface area contributed by atoms with Crippen molar-refractivity contribution in [2.45, 2.75) is 98.1 Å². The van der Waals surface area contributed by atoms with Crippen LogP contribution >= 0.6 is 0 Å². The largest absolute Gasteiger partial charge is 0.373 e. The first-order valence-electron chi connectivity index (χ1n) is 14.0. The van der Waals surface area contributed by atoms with Crippen LogP contribution in [0.5, 0.6) is 0 Å². The Morgan fingerprint density at radius 3 is 2.37 bits per heavy atom. The van der Waals surface area contributed by atoms with E-state index in [0.29, 0.717) is 23.3 Å². The summed E-state index contributed by atoms with van der Waals surface area (Å²) < 4.78 is 0. The van der Waals surface area contributed by atoms with Gasteiger partial charge < -0.3 is 20.4 Å². The predicted octanol–water partition coefficient (Wildman–Crippen LogP) is 5.30. The fourth-order valence-corrected chi connectivity index (χ4v) is 4.98. The highest BCUT2D eigenvalue weighted by Gasteiger charge is 2.28. The van der Waals surface area contributed by atoms with Crippen molar-refractivity contribution in [1.29, 1.82) is 5.41 Å². The highest BCUT2D eigenvalue weighted by atomic mass is 16.1. The molecule has 7 heteroatoms. The van der Waals surface area contributed by atoms with Gasteiger partial charge in [-0.3, -0.25) is 10.2 Å². The van der Waals surface area contributed by atoms with E-state index in [-0.39, 0.29) is 17.7 Å². The molecule has 1 aromatic rings. The van der Waals surface area contributed by atoms with E-state index in [4.69, 9.17) is 10.4 Å². The fraction of sp³-hybridized carbons (Fsp3) is 0.750. The van der Waals surface area contributed by atoms with E-state index < -0.39 is 0 Å². The Balaban J connectivity index is 0.00000210. The number of carbonyl (C=O) groups excluding carboxylic acids is 1.